The summed E-state index contributed by atoms with van der Waals surface area (Å²) in [6, 6.07) is 7.32. The average Bonchev–Trinajstić information content (AvgIpc) is 2.79. The number of benzene rings is 1. The molecule has 1 aliphatic rings. The van der Waals surface area contributed by atoms with Gasteiger partial charge in [-0.15, -0.1) is 6.42 Å². The van der Waals surface area contributed by atoms with Gasteiger partial charge in [0, 0.05) is 11.3 Å². The molecule has 3 heteroatoms. The number of hydrogen-bond donors (Lipinski definition) is 2. The Hall–Kier alpha value is -1.95. The molecule has 0 amide bonds. The lowest BCUT2D eigenvalue weighted by molar-refractivity contribution is -0.142. The van der Waals surface area contributed by atoms with E-state index in [1.165, 1.54) is 0 Å². The maximum absolute atomic E-state index is 11.4. The van der Waals surface area contributed by atoms with Crippen molar-refractivity contribution in [2.24, 2.45) is 0 Å². The van der Waals surface area contributed by atoms with Crippen molar-refractivity contribution in [1.29, 1.82) is 0 Å². The predicted octanol–water partition coefficient (Wildman–Crippen LogP) is 2.48. The molecule has 17 heavy (non-hydrogen) atoms. The molecule has 2 N–H and O–H groups in total. The van der Waals surface area contributed by atoms with E-state index in [-0.39, 0.29) is 0 Å². The Morgan fingerprint density at radius 2 is 2.12 bits per heavy atom. The molecule has 2 rings (SSSR count). The molecular weight excluding hydrogens is 214 g/mol. The third kappa shape index (κ3) is 2.26. The maximum atomic E-state index is 11.4. The van der Waals surface area contributed by atoms with Crippen molar-refractivity contribution in [2.45, 2.75) is 31.2 Å². The van der Waals surface area contributed by atoms with Crippen molar-refractivity contribution >= 4 is 11.7 Å². The van der Waals surface area contributed by atoms with Crippen LogP contribution in [0.25, 0.3) is 0 Å². The highest BCUT2D eigenvalue weighted by atomic mass is 16.4. The molecule has 0 atom stereocenters. The van der Waals surface area contributed by atoms with Gasteiger partial charge in [-0.2, -0.15) is 0 Å². The fraction of sp³-hybridized carbons (Fsp3) is 0.357. The molecule has 1 saturated carbocycles. The lowest BCUT2D eigenvalue weighted by Crippen LogP contribution is -2.43. The van der Waals surface area contributed by atoms with Gasteiger partial charge in [-0.25, -0.2) is 4.79 Å². The number of nitrogens with one attached hydrogen (secondary N) is 1. The van der Waals surface area contributed by atoms with E-state index < -0.39 is 11.5 Å². The summed E-state index contributed by atoms with van der Waals surface area (Å²) in [4.78, 5) is 11.4. The number of carboxylic acid groups (broad SMARTS) is 1. The zero-order valence-electron chi connectivity index (χ0n) is 9.57. The monoisotopic (exact) mass is 229 g/mol. The van der Waals surface area contributed by atoms with E-state index >= 15 is 0 Å². The number of carboxylic acids is 1. The highest BCUT2D eigenvalue weighted by Gasteiger charge is 2.41. The molecule has 88 valence electrons. The van der Waals surface area contributed by atoms with Gasteiger partial charge >= 0.3 is 5.97 Å². The molecule has 0 unspecified atom stereocenters. The van der Waals surface area contributed by atoms with Crippen molar-refractivity contribution in [2.75, 3.05) is 5.32 Å². The van der Waals surface area contributed by atoms with Gasteiger partial charge < -0.3 is 10.4 Å². The summed E-state index contributed by atoms with van der Waals surface area (Å²) < 4.78 is 0. The van der Waals surface area contributed by atoms with Gasteiger partial charge in [-0.1, -0.05) is 24.8 Å². The average molecular weight is 229 g/mol. The van der Waals surface area contributed by atoms with Crippen molar-refractivity contribution in [1.82, 2.24) is 0 Å². The van der Waals surface area contributed by atoms with E-state index in [0.717, 1.165) is 24.1 Å². The van der Waals surface area contributed by atoms with Crippen LogP contribution in [0.5, 0.6) is 0 Å². The SMILES string of the molecule is C#Cc1cccc(NC2(C(=O)O)CCCC2)c1. The van der Waals surface area contributed by atoms with Crippen LogP contribution < -0.4 is 5.32 Å². The van der Waals surface area contributed by atoms with Crippen molar-refractivity contribution in [3.8, 4) is 12.3 Å². The molecule has 0 heterocycles. The molecule has 1 aromatic rings. The second-order valence-corrected chi connectivity index (χ2v) is 4.44. The highest BCUT2D eigenvalue weighted by Crippen LogP contribution is 2.33. The van der Waals surface area contributed by atoms with Crippen molar-refractivity contribution in [3.63, 3.8) is 0 Å². The number of carbonyl (C=O) groups is 1. The number of anilines is 1. The summed E-state index contributed by atoms with van der Waals surface area (Å²) in [6.45, 7) is 0. The summed E-state index contributed by atoms with van der Waals surface area (Å²) in [5.41, 5.74) is 0.728. The summed E-state index contributed by atoms with van der Waals surface area (Å²) in [7, 11) is 0. The van der Waals surface area contributed by atoms with E-state index in [2.05, 4.69) is 11.2 Å². The first-order valence-electron chi connectivity index (χ1n) is 5.74. The van der Waals surface area contributed by atoms with Gasteiger partial charge in [0.05, 0.1) is 0 Å². The first kappa shape index (κ1) is 11.5. The van der Waals surface area contributed by atoms with Crippen LogP contribution in [0.4, 0.5) is 5.69 Å². The van der Waals surface area contributed by atoms with Crippen LogP contribution in [-0.2, 0) is 4.79 Å². The van der Waals surface area contributed by atoms with Gasteiger partial charge in [0.15, 0.2) is 0 Å². The fourth-order valence-electron chi connectivity index (χ4n) is 2.33. The molecule has 0 radical (unpaired) electrons. The summed E-state index contributed by atoms with van der Waals surface area (Å²) in [5.74, 6) is 1.77. The third-order valence-electron chi connectivity index (χ3n) is 3.28. The molecule has 0 bridgehead atoms. The standard InChI is InChI=1S/C14H15NO2/c1-2-11-6-5-7-12(10-11)15-14(13(16)17)8-3-4-9-14/h1,5-7,10,15H,3-4,8-9H2,(H,16,17). The molecule has 0 spiro atoms. The minimum Gasteiger partial charge on any atom is -0.480 e. The van der Waals surface area contributed by atoms with Gasteiger partial charge in [0.25, 0.3) is 0 Å². The van der Waals surface area contributed by atoms with Crippen LogP contribution in [0.1, 0.15) is 31.2 Å². The van der Waals surface area contributed by atoms with Crippen LogP contribution in [0.15, 0.2) is 24.3 Å². The van der Waals surface area contributed by atoms with Gasteiger partial charge in [0.1, 0.15) is 5.54 Å². The lowest BCUT2D eigenvalue weighted by Gasteiger charge is -2.26. The molecule has 1 aliphatic carbocycles. The quantitative estimate of drug-likeness (QED) is 0.783. The maximum Gasteiger partial charge on any atom is 0.329 e. The van der Waals surface area contributed by atoms with Crippen LogP contribution in [0.2, 0.25) is 0 Å². The minimum atomic E-state index is -0.812. The zero-order chi connectivity index (χ0) is 12.3. The summed E-state index contributed by atoms with van der Waals surface area (Å²) in [5, 5.41) is 12.5. The second kappa shape index (κ2) is 4.50. The van der Waals surface area contributed by atoms with E-state index in [1.807, 2.05) is 24.3 Å². The van der Waals surface area contributed by atoms with Crippen LogP contribution in [0.3, 0.4) is 0 Å². The Kier molecular flexibility index (Phi) is 3.06. The number of aliphatic carboxylic acids is 1. The van der Waals surface area contributed by atoms with E-state index in [1.54, 1.807) is 0 Å². The third-order valence-corrected chi connectivity index (χ3v) is 3.28. The predicted molar refractivity (Wildman–Crippen MR) is 66.8 cm³/mol. The molecule has 0 aromatic heterocycles. The Bertz CT molecular complexity index is 467. The minimum absolute atomic E-state index is 0.669. The molecular formula is C14H15NO2. The molecule has 0 saturated heterocycles. The van der Waals surface area contributed by atoms with Gasteiger partial charge in [-0.3, -0.25) is 0 Å². The lowest BCUT2D eigenvalue weighted by atomic mass is 9.97. The normalized spacial score (nSPS) is 17.4. The van der Waals surface area contributed by atoms with Crippen LogP contribution in [0, 0.1) is 12.3 Å². The highest BCUT2D eigenvalue weighted by molar-refractivity contribution is 5.83. The van der Waals surface area contributed by atoms with Gasteiger partial charge in [-0.05, 0) is 31.0 Å². The largest absolute Gasteiger partial charge is 0.480 e. The number of terminal acetylenes is 1. The second-order valence-electron chi connectivity index (χ2n) is 4.44. The molecule has 1 aromatic carbocycles. The van der Waals surface area contributed by atoms with Crippen LogP contribution >= 0.6 is 0 Å². The van der Waals surface area contributed by atoms with Gasteiger partial charge in [0.2, 0.25) is 0 Å². The zero-order valence-corrected chi connectivity index (χ0v) is 9.57. The topological polar surface area (TPSA) is 49.3 Å². The first-order valence-corrected chi connectivity index (χ1v) is 5.74. The smallest absolute Gasteiger partial charge is 0.329 e. The molecule has 0 aliphatic heterocycles. The van der Waals surface area contributed by atoms with Crippen LogP contribution in [-0.4, -0.2) is 16.6 Å². The molecule has 3 nitrogen and oxygen atoms in total. The summed E-state index contributed by atoms with van der Waals surface area (Å²) >= 11 is 0. The van der Waals surface area contributed by atoms with E-state index in [9.17, 15) is 9.90 Å². The van der Waals surface area contributed by atoms with Crippen molar-refractivity contribution in [3.05, 3.63) is 29.8 Å². The Morgan fingerprint density at radius 1 is 1.41 bits per heavy atom. The van der Waals surface area contributed by atoms with E-state index in [4.69, 9.17) is 6.42 Å². The first-order chi connectivity index (χ1) is 8.16. The number of hydrogen-bond acceptors (Lipinski definition) is 2. The van der Waals surface area contributed by atoms with Crippen molar-refractivity contribution < 1.29 is 9.90 Å². The Labute approximate surface area is 101 Å². The number of rotatable bonds is 3. The fourth-order valence-corrected chi connectivity index (χ4v) is 2.33. The molecule has 1 fully saturated rings. The Morgan fingerprint density at radius 3 is 2.71 bits per heavy atom. The van der Waals surface area contributed by atoms with E-state index in [0.29, 0.717) is 12.8 Å². The Balaban J connectivity index is 2.24. The summed E-state index contributed by atoms with van der Waals surface area (Å²) in [6.07, 6.45) is 8.57.